The maximum atomic E-state index is 14.7. The quantitative estimate of drug-likeness (QED) is 0.835. The molecule has 1 aromatic carbocycles. The van der Waals surface area contributed by atoms with E-state index >= 15 is 0 Å². The molecular weight excluding hydrogens is 371 g/mol. The highest BCUT2D eigenvalue weighted by molar-refractivity contribution is 6.30. The van der Waals surface area contributed by atoms with Crippen LogP contribution >= 0.6 is 11.6 Å². The van der Waals surface area contributed by atoms with Crippen molar-refractivity contribution in [1.29, 1.82) is 0 Å². The van der Waals surface area contributed by atoms with E-state index in [9.17, 15) is 9.18 Å². The molecule has 8 heteroatoms. The van der Waals surface area contributed by atoms with Gasteiger partial charge in [0.2, 0.25) is 0 Å². The molecule has 3 rings (SSSR count). The molecule has 3 N–H and O–H groups in total. The van der Waals surface area contributed by atoms with E-state index in [2.05, 4.69) is 15.3 Å². The molecule has 1 amide bonds. The molecule has 0 bridgehead atoms. The van der Waals surface area contributed by atoms with Crippen LogP contribution in [0.25, 0.3) is 0 Å². The number of ether oxygens (including phenoxy) is 1. The number of hydrogen-bond acceptors (Lipinski definition) is 5. The first-order chi connectivity index (χ1) is 12.9. The smallest absolute Gasteiger partial charge is 0.274 e. The number of amides is 1. The van der Waals surface area contributed by atoms with E-state index in [1.807, 2.05) is 6.92 Å². The van der Waals surface area contributed by atoms with Crippen LogP contribution in [0.3, 0.4) is 0 Å². The second kappa shape index (κ2) is 8.02. The standard InChI is InChI=1S/C19H20ClFN4O2/c1-2-19(7-8-27-11-17(22)25-19)14-9-13(4-5-15(14)21)24-18(26)16-6-3-12(20)10-23-16/h3-6,9-10H,2,7-8,11H2,1H3,(H2,22,25)(H,24,26). The molecule has 2 aromatic rings. The summed E-state index contributed by atoms with van der Waals surface area (Å²) in [5.41, 5.74) is 6.09. The predicted molar refractivity (Wildman–Crippen MR) is 103 cm³/mol. The lowest BCUT2D eigenvalue weighted by atomic mass is 9.84. The molecule has 0 saturated heterocycles. The molecule has 0 fully saturated rings. The van der Waals surface area contributed by atoms with Crippen LogP contribution in [0.1, 0.15) is 35.8 Å². The number of nitrogens with zero attached hydrogens (tertiary/aromatic N) is 2. The fraction of sp³-hybridized carbons (Fsp3) is 0.316. The van der Waals surface area contributed by atoms with Crippen LogP contribution < -0.4 is 11.1 Å². The number of pyridine rings is 1. The summed E-state index contributed by atoms with van der Waals surface area (Å²) in [5, 5.41) is 3.17. The van der Waals surface area contributed by atoms with E-state index < -0.39 is 17.3 Å². The predicted octanol–water partition coefficient (Wildman–Crippen LogP) is 3.51. The lowest BCUT2D eigenvalue weighted by molar-refractivity contribution is 0.102. The molecule has 142 valence electrons. The van der Waals surface area contributed by atoms with Crippen molar-refractivity contribution in [3.05, 3.63) is 58.6 Å². The van der Waals surface area contributed by atoms with E-state index in [0.717, 1.165) is 0 Å². The third kappa shape index (κ3) is 4.26. The Morgan fingerprint density at radius 2 is 2.22 bits per heavy atom. The van der Waals surface area contributed by atoms with Crippen molar-refractivity contribution in [2.24, 2.45) is 10.7 Å². The topological polar surface area (TPSA) is 89.6 Å². The summed E-state index contributed by atoms with van der Waals surface area (Å²) in [6.07, 6.45) is 2.43. The van der Waals surface area contributed by atoms with E-state index in [1.165, 1.54) is 24.4 Å². The highest BCUT2D eigenvalue weighted by Crippen LogP contribution is 2.37. The zero-order valence-electron chi connectivity index (χ0n) is 14.8. The highest BCUT2D eigenvalue weighted by atomic mass is 35.5. The van der Waals surface area contributed by atoms with Crippen molar-refractivity contribution in [3.63, 3.8) is 0 Å². The summed E-state index contributed by atoms with van der Waals surface area (Å²) >= 11 is 5.79. The van der Waals surface area contributed by atoms with Gasteiger partial charge in [-0.25, -0.2) is 9.37 Å². The molecule has 1 aromatic heterocycles. The number of nitrogens with two attached hydrogens (primary N) is 1. The van der Waals surface area contributed by atoms with Gasteiger partial charge in [0, 0.05) is 30.5 Å². The van der Waals surface area contributed by atoms with Gasteiger partial charge in [0.05, 0.1) is 10.6 Å². The van der Waals surface area contributed by atoms with Crippen molar-refractivity contribution in [2.45, 2.75) is 25.3 Å². The van der Waals surface area contributed by atoms with E-state index in [4.69, 9.17) is 22.1 Å². The average molecular weight is 391 g/mol. The fourth-order valence-corrected chi connectivity index (χ4v) is 3.20. The van der Waals surface area contributed by atoms with Crippen LogP contribution in [-0.2, 0) is 10.3 Å². The summed E-state index contributed by atoms with van der Waals surface area (Å²) in [4.78, 5) is 20.9. The molecule has 6 nitrogen and oxygen atoms in total. The van der Waals surface area contributed by atoms with Crippen molar-refractivity contribution in [2.75, 3.05) is 18.5 Å². The van der Waals surface area contributed by atoms with Gasteiger partial charge < -0.3 is 15.8 Å². The number of benzene rings is 1. The maximum Gasteiger partial charge on any atom is 0.274 e. The third-order valence-electron chi connectivity index (χ3n) is 4.54. The maximum absolute atomic E-state index is 14.7. The minimum absolute atomic E-state index is 0.209. The lowest BCUT2D eigenvalue weighted by Gasteiger charge is -2.29. The molecule has 1 atom stereocenters. The van der Waals surface area contributed by atoms with E-state index in [1.54, 1.807) is 12.1 Å². The molecule has 0 aliphatic carbocycles. The zero-order chi connectivity index (χ0) is 19.4. The minimum atomic E-state index is -0.829. The second-order valence-corrected chi connectivity index (χ2v) is 6.74. The molecule has 1 aliphatic rings. The Balaban J connectivity index is 1.93. The van der Waals surface area contributed by atoms with Crippen molar-refractivity contribution >= 4 is 29.0 Å². The molecule has 1 aliphatic heterocycles. The molecule has 0 saturated carbocycles. The molecular formula is C19H20ClFN4O2. The van der Waals surface area contributed by atoms with Crippen LogP contribution in [0.15, 0.2) is 41.5 Å². The van der Waals surface area contributed by atoms with Crippen LogP contribution in [0.2, 0.25) is 5.02 Å². The summed E-state index contributed by atoms with van der Waals surface area (Å²) < 4.78 is 20.1. The SMILES string of the molecule is CCC1(c2cc(NC(=O)c3ccc(Cl)cn3)ccc2F)CCOCC(N)=N1. The molecule has 27 heavy (non-hydrogen) atoms. The Kier molecular flexibility index (Phi) is 5.72. The highest BCUT2D eigenvalue weighted by Gasteiger charge is 2.34. The Hall–Kier alpha value is -2.51. The largest absolute Gasteiger partial charge is 0.386 e. The van der Waals surface area contributed by atoms with Crippen molar-refractivity contribution in [3.8, 4) is 0 Å². The van der Waals surface area contributed by atoms with Gasteiger partial charge in [-0.05, 0) is 36.8 Å². The number of halogens is 2. The number of hydrogen-bond donors (Lipinski definition) is 2. The Morgan fingerprint density at radius 3 is 2.93 bits per heavy atom. The van der Waals surface area contributed by atoms with Gasteiger partial charge in [0.1, 0.15) is 24.0 Å². The van der Waals surface area contributed by atoms with Crippen LogP contribution in [-0.4, -0.2) is 29.9 Å². The minimum Gasteiger partial charge on any atom is -0.386 e. The van der Waals surface area contributed by atoms with Crippen LogP contribution in [0.4, 0.5) is 10.1 Å². The van der Waals surface area contributed by atoms with Gasteiger partial charge in [-0.15, -0.1) is 0 Å². The van der Waals surface area contributed by atoms with Gasteiger partial charge in [-0.2, -0.15) is 0 Å². The number of amidine groups is 1. The van der Waals surface area contributed by atoms with E-state index in [-0.39, 0.29) is 12.3 Å². The van der Waals surface area contributed by atoms with Crippen LogP contribution in [0.5, 0.6) is 0 Å². The zero-order valence-corrected chi connectivity index (χ0v) is 15.6. The van der Waals surface area contributed by atoms with Crippen molar-refractivity contribution < 1.29 is 13.9 Å². The van der Waals surface area contributed by atoms with Crippen molar-refractivity contribution in [1.82, 2.24) is 4.98 Å². The number of carbonyl (C=O) groups excluding carboxylic acids is 1. The number of aromatic nitrogens is 1. The summed E-state index contributed by atoms with van der Waals surface area (Å²) in [6.45, 7) is 2.56. The van der Waals surface area contributed by atoms with Crippen LogP contribution in [0, 0.1) is 5.82 Å². The first-order valence-electron chi connectivity index (χ1n) is 8.58. The molecule has 1 unspecified atom stereocenters. The van der Waals surface area contributed by atoms with Gasteiger partial charge in [0.25, 0.3) is 5.91 Å². The molecule has 0 spiro atoms. The second-order valence-electron chi connectivity index (χ2n) is 6.30. The third-order valence-corrected chi connectivity index (χ3v) is 4.76. The molecule has 2 heterocycles. The number of rotatable bonds is 4. The summed E-state index contributed by atoms with van der Waals surface area (Å²) in [7, 11) is 0. The first kappa shape index (κ1) is 19.3. The van der Waals surface area contributed by atoms with Gasteiger partial charge in [0.15, 0.2) is 0 Å². The molecule has 0 radical (unpaired) electrons. The fourth-order valence-electron chi connectivity index (χ4n) is 3.09. The number of carbonyl (C=O) groups is 1. The van der Waals surface area contributed by atoms with Gasteiger partial charge in [-0.3, -0.25) is 9.79 Å². The number of anilines is 1. The van der Waals surface area contributed by atoms with E-state index in [0.29, 0.717) is 41.6 Å². The summed E-state index contributed by atoms with van der Waals surface area (Å²) in [6, 6.07) is 7.50. The lowest BCUT2D eigenvalue weighted by Crippen LogP contribution is -2.28. The Bertz CT molecular complexity index is 873. The number of nitrogens with one attached hydrogen (secondary N) is 1. The van der Waals surface area contributed by atoms with Gasteiger partial charge in [-0.1, -0.05) is 18.5 Å². The summed E-state index contributed by atoms with van der Waals surface area (Å²) in [5.74, 6) is -0.492. The normalized spacial score (nSPS) is 19.9. The average Bonchev–Trinajstić information content (AvgIpc) is 2.85. The Labute approximate surface area is 161 Å². The number of aliphatic imine (C=N–C) groups is 1. The first-order valence-corrected chi connectivity index (χ1v) is 8.96. The van der Waals surface area contributed by atoms with Gasteiger partial charge >= 0.3 is 0 Å². The Morgan fingerprint density at radius 1 is 1.41 bits per heavy atom. The monoisotopic (exact) mass is 390 g/mol.